The number of nitrogens with one attached hydrogen (secondary N) is 1. The van der Waals surface area contributed by atoms with Crippen molar-refractivity contribution in [3.05, 3.63) is 65.9 Å². The van der Waals surface area contributed by atoms with E-state index >= 15 is 0 Å². The Kier molecular flexibility index (Phi) is 3.79. The maximum absolute atomic E-state index is 8.92. The van der Waals surface area contributed by atoms with E-state index in [0.717, 1.165) is 39.7 Å². The fourth-order valence-electron chi connectivity index (χ4n) is 3.02. The van der Waals surface area contributed by atoms with E-state index in [4.69, 9.17) is 10.2 Å². The number of anilines is 1. The van der Waals surface area contributed by atoms with Gasteiger partial charge in [0.05, 0.1) is 34.4 Å². The van der Waals surface area contributed by atoms with Crippen molar-refractivity contribution in [2.24, 2.45) is 0 Å². The molecule has 0 aliphatic carbocycles. The quantitative estimate of drug-likeness (QED) is 0.613. The molecular weight excluding hydrogens is 310 g/mol. The van der Waals surface area contributed by atoms with E-state index in [1.54, 1.807) is 0 Å². The number of nitrogens with zero attached hydrogens (tertiary/aromatic N) is 4. The lowest BCUT2D eigenvalue weighted by atomic mass is 10.1. The number of benzene rings is 2. The zero-order chi connectivity index (χ0) is 17.2. The maximum atomic E-state index is 8.92. The monoisotopic (exact) mass is 327 g/mol. The third-order valence-electron chi connectivity index (χ3n) is 4.33. The highest BCUT2D eigenvalue weighted by atomic mass is 15.3. The van der Waals surface area contributed by atoms with Crippen LogP contribution in [-0.2, 0) is 13.1 Å². The number of para-hydroxylation sites is 1. The molecule has 0 saturated carbocycles. The van der Waals surface area contributed by atoms with E-state index in [9.17, 15) is 0 Å². The van der Waals surface area contributed by atoms with Gasteiger partial charge in [-0.25, -0.2) is 9.67 Å². The Bertz CT molecular complexity index is 1090. The Balaban J connectivity index is 1.78. The Morgan fingerprint density at radius 1 is 1.08 bits per heavy atom. The minimum Gasteiger partial charge on any atom is -0.380 e. The van der Waals surface area contributed by atoms with E-state index in [1.807, 2.05) is 53.3 Å². The van der Waals surface area contributed by atoms with Gasteiger partial charge in [-0.05, 0) is 30.7 Å². The second-order valence-electron chi connectivity index (χ2n) is 5.86. The molecule has 0 spiro atoms. The van der Waals surface area contributed by atoms with Crippen LogP contribution < -0.4 is 5.32 Å². The van der Waals surface area contributed by atoms with Crippen LogP contribution in [0.3, 0.4) is 0 Å². The summed E-state index contributed by atoms with van der Waals surface area (Å²) in [5, 5.41) is 19.0. The summed E-state index contributed by atoms with van der Waals surface area (Å²) in [4.78, 5) is 4.77. The van der Waals surface area contributed by atoms with Crippen LogP contribution in [0, 0.1) is 11.3 Å². The molecule has 4 rings (SSSR count). The zero-order valence-corrected chi connectivity index (χ0v) is 13.9. The third kappa shape index (κ3) is 2.68. The summed E-state index contributed by atoms with van der Waals surface area (Å²) in [5.41, 5.74) is 4.68. The van der Waals surface area contributed by atoms with Gasteiger partial charge in [-0.2, -0.15) is 10.4 Å². The molecule has 0 aliphatic heterocycles. The van der Waals surface area contributed by atoms with Gasteiger partial charge < -0.3 is 5.32 Å². The van der Waals surface area contributed by atoms with Crippen LogP contribution in [0.2, 0.25) is 0 Å². The van der Waals surface area contributed by atoms with Gasteiger partial charge in [0.2, 0.25) is 0 Å². The first-order valence-electron chi connectivity index (χ1n) is 8.27. The van der Waals surface area contributed by atoms with E-state index < -0.39 is 0 Å². The SMILES string of the molecule is CCn1ncc2c(NCc3ccc(C#N)cc3)c3ccccc3nc21. The average molecular weight is 327 g/mol. The highest BCUT2D eigenvalue weighted by molar-refractivity contribution is 6.06. The molecule has 2 aromatic heterocycles. The lowest BCUT2D eigenvalue weighted by molar-refractivity contribution is 0.677. The van der Waals surface area contributed by atoms with Crippen molar-refractivity contribution in [2.75, 3.05) is 5.32 Å². The summed E-state index contributed by atoms with van der Waals surface area (Å²) in [7, 11) is 0. The van der Waals surface area contributed by atoms with Gasteiger partial charge in [0.25, 0.3) is 0 Å². The molecule has 122 valence electrons. The van der Waals surface area contributed by atoms with Crippen LogP contribution in [-0.4, -0.2) is 14.8 Å². The van der Waals surface area contributed by atoms with Gasteiger partial charge in [-0.1, -0.05) is 30.3 Å². The molecule has 25 heavy (non-hydrogen) atoms. The van der Waals surface area contributed by atoms with E-state index in [1.165, 1.54) is 0 Å². The van der Waals surface area contributed by atoms with Crippen molar-refractivity contribution in [3.8, 4) is 6.07 Å². The Morgan fingerprint density at radius 3 is 2.64 bits per heavy atom. The normalized spacial score (nSPS) is 10.9. The highest BCUT2D eigenvalue weighted by Gasteiger charge is 2.12. The summed E-state index contributed by atoms with van der Waals surface area (Å²) in [6.45, 7) is 3.52. The maximum Gasteiger partial charge on any atom is 0.160 e. The second kappa shape index (κ2) is 6.25. The smallest absolute Gasteiger partial charge is 0.160 e. The molecule has 0 amide bonds. The first-order valence-corrected chi connectivity index (χ1v) is 8.27. The fraction of sp³-hybridized carbons (Fsp3) is 0.150. The molecule has 4 aromatic rings. The molecule has 1 N–H and O–H groups in total. The minimum atomic E-state index is 0.671. The molecule has 0 bridgehead atoms. The number of aromatic nitrogens is 3. The highest BCUT2D eigenvalue weighted by Crippen LogP contribution is 2.31. The van der Waals surface area contributed by atoms with Gasteiger partial charge >= 0.3 is 0 Å². The van der Waals surface area contributed by atoms with Crippen LogP contribution in [0.5, 0.6) is 0 Å². The molecular formula is C20H17N5. The first-order chi connectivity index (χ1) is 12.3. The molecule has 0 aliphatic rings. The molecule has 0 saturated heterocycles. The predicted octanol–water partition coefficient (Wildman–Crippen LogP) is 4.09. The number of pyridine rings is 1. The van der Waals surface area contributed by atoms with Gasteiger partial charge in [0.1, 0.15) is 0 Å². The largest absolute Gasteiger partial charge is 0.380 e. The van der Waals surface area contributed by atoms with Crippen LogP contribution >= 0.6 is 0 Å². The number of rotatable bonds is 4. The van der Waals surface area contributed by atoms with Gasteiger partial charge in [-0.3, -0.25) is 0 Å². The molecule has 2 heterocycles. The molecule has 5 heteroatoms. The molecule has 2 aromatic carbocycles. The van der Waals surface area contributed by atoms with Crippen LogP contribution in [0.1, 0.15) is 18.1 Å². The summed E-state index contributed by atoms with van der Waals surface area (Å²) in [6, 6.07) is 17.9. The van der Waals surface area contributed by atoms with Crippen molar-refractivity contribution in [2.45, 2.75) is 20.0 Å². The third-order valence-corrected chi connectivity index (χ3v) is 4.33. The van der Waals surface area contributed by atoms with Crippen LogP contribution in [0.15, 0.2) is 54.7 Å². The fourth-order valence-corrected chi connectivity index (χ4v) is 3.02. The average Bonchev–Trinajstić information content (AvgIpc) is 3.08. The molecule has 5 nitrogen and oxygen atoms in total. The minimum absolute atomic E-state index is 0.671. The lowest BCUT2D eigenvalue weighted by Crippen LogP contribution is -2.03. The molecule has 0 unspecified atom stereocenters. The Hall–Kier alpha value is -3.39. The molecule has 0 atom stereocenters. The van der Waals surface area contributed by atoms with Crippen LogP contribution in [0.25, 0.3) is 21.9 Å². The summed E-state index contributed by atoms with van der Waals surface area (Å²) < 4.78 is 1.91. The summed E-state index contributed by atoms with van der Waals surface area (Å²) in [5.74, 6) is 0. The van der Waals surface area contributed by atoms with Crippen LogP contribution in [0.4, 0.5) is 5.69 Å². The van der Waals surface area contributed by atoms with Crippen molar-refractivity contribution in [1.29, 1.82) is 5.26 Å². The lowest BCUT2D eigenvalue weighted by Gasteiger charge is -2.12. The number of hydrogen-bond donors (Lipinski definition) is 1. The Labute approximate surface area is 145 Å². The van der Waals surface area contributed by atoms with Crippen molar-refractivity contribution in [3.63, 3.8) is 0 Å². The zero-order valence-electron chi connectivity index (χ0n) is 13.9. The second-order valence-corrected chi connectivity index (χ2v) is 5.86. The number of aryl methyl sites for hydroxylation is 1. The van der Waals surface area contributed by atoms with Crippen molar-refractivity contribution < 1.29 is 0 Å². The topological polar surface area (TPSA) is 66.5 Å². The first kappa shape index (κ1) is 15.2. The number of nitriles is 1. The summed E-state index contributed by atoms with van der Waals surface area (Å²) >= 11 is 0. The molecule has 0 radical (unpaired) electrons. The Morgan fingerprint density at radius 2 is 1.88 bits per heavy atom. The van der Waals surface area contributed by atoms with E-state index in [2.05, 4.69) is 29.5 Å². The number of fused-ring (bicyclic) bond motifs is 2. The van der Waals surface area contributed by atoms with Gasteiger partial charge in [0, 0.05) is 18.5 Å². The molecule has 0 fully saturated rings. The van der Waals surface area contributed by atoms with Crippen molar-refractivity contribution in [1.82, 2.24) is 14.8 Å². The number of hydrogen-bond acceptors (Lipinski definition) is 4. The summed E-state index contributed by atoms with van der Waals surface area (Å²) in [6.07, 6.45) is 1.87. The van der Waals surface area contributed by atoms with E-state index in [0.29, 0.717) is 12.1 Å². The van der Waals surface area contributed by atoms with Crippen molar-refractivity contribution >= 4 is 27.6 Å². The van der Waals surface area contributed by atoms with E-state index in [-0.39, 0.29) is 0 Å². The standard InChI is InChI=1S/C20H17N5/c1-2-25-20-17(13-23-25)19(16-5-3-4-6-18(16)24-20)22-12-15-9-7-14(11-21)8-10-15/h3-10,13H,2,12H2,1H3,(H,22,24). The van der Waals surface area contributed by atoms with Gasteiger partial charge in [0.15, 0.2) is 5.65 Å². The predicted molar refractivity (Wildman–Crippen MR) is 99.2 cm³/mol. The van der Waals surface area contributed by atoms with Gasteiger partial charge in [-0.15, -0.1) is 0 Å².